The molecule has 1 atom stereocenters. The molecule has 7 nitrogen and oxygen atoms in total. The molecule has 3 aromatic carbocycles. The van der Waals surface area contributed by atoms with Crippen LogP contribution >= 0.6 is 0 Å². The number of carbonyl (C=O) groups excluding carboxylic acids is 1. The van der Waals surface area contributed by atoms with Crippen molar-refractivity contribution in [2.24, 2.45) is 0 Å². The van der Waals surface area contributed by atoms with Crippen molar-refractivity contribution in [1.82, 2.24) is 19.7 Å². The van der Waals surface area contributed by atoms with Crippen molar-refractivity contribution in [1.29, 1.82) is 0 Å². The number of nitrogens with one attached hydrogen (secondary N) is 1. The quantitative estimate of drug-likeness (QED) is 0.466. The molecule has 4 aromatic rings. The van der Waals surface area contributed by atoms with E-state index in [1.54, 1.807) is 6.07 Å². The highest BCUT2D eigenvalue weighted by atomic mass is 16.2. The SMILES string of the molecule is Cc1cccc(Cn2c(=O)c(C(=O)N[C@@H](C)c3ccccc3)nn(-c3ccc(C)c(C)c3)c2=O)c1. The van der Waals surface area contributed by atoms with E-state index in [4.69, 9.17) is 0 Å². The van der Waals surface area contributed by atoms with Gasteiger partial charge in [0.05, 0.1) is 18.3 Å². The van der Waals surface area contributed by atoms with E-state index in [1.165, 1.54) is 0 Å². The topological polar surface area (TPSA) is 86.0 Å². The van der Waals surface area contributed by atoms with Gasteiger partial charge in [-0.25, -0.2) is 4.79 Å². The third kappa shape index (κ3) is 5.14. The predicted molar refractivity (Wildman–Crippen MR) is 136 cm³/mol. The molecule has 1 heterocycles. The van der Waals surface area contributed by atoms with E-state index in [1.807, 2.05) is 94.4 Å². The number of benzene rings is 3. The molecule has 0 radical (unpaired) electrons. The highest BCUT2D eigenvalue weighted by Crippen LogP contribution is 2.13. The second-order valence-electron chi connectivity index (χ2n) is 8.80. The lowest BCUT2D eigenvalue weighted by Crippen LogP contribution is -2.46. The normalized spacial score (nSPS) is 11.8. The lowest BCUT2D eigenvalue weighted by Gasteiger charge is -2.16. The van der Waals surface area contributed by atoms with Gasteiger partial charge in [-0.15, -0.1) is 0 Å². The van der Waals surface area contributed by atoms with Crippen molar-refractivity contribution in [3.8, 4) is 5.69 Å². The number of hydrogen-bond donors (Lipinski definition) is 1. The molecule has 0 aliphatic carbocycles. The maximum atomic E-state index is 13.4. The molecular weight excluding hydrogens is 440 g/mol. The van der Waals surface area contributed by atoms with Crippen LogP contribution in [0.25, 0.3) is 5.69 Å². The van der Waals surface area contributed by atoms with Crippen molar-refractivity contribution in [2.75, 3.05) is 0 Å². The first-order valence-electron chi connectivity index (χ1n) is 11.5. The molecule has 178 valence electrons. The minimum Gasteiger partial charge on any atom is -0.344 e. The molecule has 0 saturated carbocycles. The van der Waals surface area contributed by atoms with Gasteiger partial charge in [-0.1, -0.05) is 66.2 Å². The summed E-state index contributed by atoms with van der Waals surface area (Å²) in [5.74, 6) is -0.637. The summed E-state index contributed by atoms with van der Waals surface area (Å²) in [5, 5.41) is 7.08. The van der Waals surface area contributed by atoms with Gasteiger partial charge < -0.3 is 5.32 Å². The summed E-state index contributed by atoms with van der Waals surface area (Å²) in [6.07, 6.45) is 0. The highest BCUT2D eigenvalue weighted by molar-refractivity contribution is 5.92. The van der Waals surface area contributed by atoms with Crippen LogP contribution in [0, 0.1) is 20.8 Å². The van der Waals surface area contributed by atoms with Gasteiger partial charge in [0.15, 0.2) is 0 Å². The Labute approximate surface area is 203 Å². The molecule has 0 spiro atoms. The average Bonchev–Trinajstić information content (AvgIpc) is 2.84. The van der Waals surface area contributed by atoms with Gasteiger partial charge in [0, 0.05) is 0 Å². The summed E-state index contributed by atoms with van der Waals surface area (Å²) in [5.41, 5.74) is 3.53. The van der Waals surface area contributed by atoms with Gasteiger partial charge in [0.2, 0.25) is 5.69 Å². The molecule has 1 N–H and O–H groups in total. The van der Waals surface area contributed by atoms with Crippen LogP contribution in [0.5, 0.6) is 0 Å². The molecule has 0 bridgehead atoms. The Morgan fingerprint density at radius 3 is 2.34 bits per heavy atom. The largest absolute Gasteiger partial charge is 0.352 e. The summed E-state index contributed by atoms with van der Waals surface area (Å²) >= 11 is 0. The van der Waals surface area contributed by atoms with E-state index in [-0.39, 0.29) is 18.3 Å². The molecule has 0 aliphatic rings. The first-order chi connectivity index (χ1) is 16.7. The standard InChI is InChI=1S/C28H28N4O3/c1-18-9-8-10-22(15-18)17-31-27(34)25(26(33)29-21(4)23-11-6-5-7-12-23)30-32(28(31)35)24-14-13-19(2)20(3)16-24/h5-16,21H,17H2,1-4H3,(H,29,33)/t21-/m0/s1. The molecule has 0 aliphatic heterocycles. The fourth-order valence-electron chi connectivity index (χ4n) is 3.91. The van der Waals surface area contributed by atoms with E-state index in [0.717, 1.165) is 37.1 Å². The number of amides is 1. The molecule has 1 aromatic heterocycles. The summed E-state index contributed by atoms with van der Waals surface area (Å²) in [6.45, 7) is 7.70. The summed E-state index contributed by atoms with van der Waals surface area (Å²) in [7, 11) is 0. The molecular formula is C28H28N4O3. The zero-order valence-corrected chi connectivity index (χ0v) is 20.3. The Morgan fingerprint density at radius 2 is 1.66 bits per heavy atom. The summed E-state index contributed by atoms with van der Waals surface area (Å²) in [6, 6.07) is 22.1. The minimum absolute atomic E-state index is 0.0290. The van der Waals surface area contributed by atoms with Crippen LogP contribution in [0.3, 0.4) is 0 Å². The van der Waals surface area contributed by atoms with Gasteiger partial charge in [-0.05, 0) is 62.1 Å². The van der Waals surface area contributed by atoms with E-state index in [9.17, 15) is 14.4 Å². The van der Waals surface area contributed by atoms with Crippen LogP contribution < -0.4 is 16.6 Å². The maximum absolute atomic E-state index is 13.4. The molecule has 0 unspecified atom stereocenters. The Balaban J connectivity index is 1.83. The Kier molecular flexibility index (Phi) is 6.78. The number of hydrogen-bond acceptors (Lipinski definition) is 4. The third-order valence-electron chi connectivity index (χ3n) is 6.08. The van der Waals surface area contributed by atoms with Gasteiger partial charge in [0.25, 0.3) is 11.5 Å². The summed E-state index contributed by atoms with van der Waals surface area (Å²) in [4.78, 5) is 40.0. The van der Waals surface area contributed by atoms with Crippen molar-refractivity contribution in [3.05, 3.63) is 127 Å². The predicted octanol–water partition coefficient (Wildman–Crippen LogP) is 3.86. The number of aromatic nitrogens is 3. The van der Waals surface area contributed by atoms with E-state index >= 15 is 0 Å². The van der Waals surface area contributed by atoms with Crippen molar-refractivity contribution < 1.29 is 4.79 Å². The van der Waals surface area contributed by atoms with Crippen LogP contribution in [-0.2, 0) is 6.54 Å². The monoisotopic (exact) mass is 468 g/mol. The molecule has 1 amide bonds. The van der Waals surface area contributed by atoms with E-state index in [2.05, 4.69) is 10.4 Å². The highest BCUT2D eigenvalue weighted by Gasteiger charge is 2.22. The van der Waals surface area contributed by atoms with Crippen LogP contribution in [-0.4, -0.2) is 20.3 Å². The maximum Gasteiger partial charge on any atom is 0.352 e. The fourth-order valence-corrected chi connectivity index (χ4v) is 3.91. The molecule has 35 heavy (non-hydrogen) atoms. The second-order valence-corrected chi connectivity index (χ2v) is 8.80. The minimum atomic E-state index is -0.727. The fraction of sp³-hybridized carbons (Fsp3) is 0.214. The molecule has 4 rings (SSSR count). The van der Waals surface area contributed by atoms with Gasteiger partial charge in [-0.2, -0.15) is 9.78 Å². The van der Waals surface area contributed by atoms with E-state index in [0.29, 0.717) is 5.69 Å². The first-order valence-corrected chi connectivity index (χ1v) is 11.5. The zero-order valence-electron chi connectivity index (χ0n) is 20.3. The third-order valence-corrected chi connectivity index (χ3v) is 6.08. The van der Waals surface area contributed by atoms with Crippen LogP contribution in [0.4, 0.5) is 0 Å². The first kappa shape index (κ1) is 23.9. The van der Waals surface area contributed by atoms with Gasteiger partial charge >= 0.3 is 5.69 Å². The summed E-state index contributed by atoms with van der Waals surface area (Å²) < 4.78 is 2.20. The lowest BCUT2D eigenvalue weighted by molar-refractivity contribution is 0.0930. The Morgan fingerprint density at radius 1 is 0.914 bits per heavy atom. The second kappa shape index (κ2) is 9.93. The van der Waals surface area contributed by atoms with Crippen LogP contribution in [0.15, 0.2) is 82.4 Å². The van der Waals surface area contributed by atoms with E-state index < -0.39 is 17.2 Å². The lowest BCUT2D eigenvalue weighted by atomic mass is 10.1. The van der Waals surface area contributed by atoms with Crippen LogP contribution in [0.1, 0.15) is 51.3 Å². The Bertz CT molecular complexity index is 1500. The Hall–Kier alpha value is -4.26. The molecule has 0 fully saturated rings. The number of rotatable bonds is 6. The molecule has 7 heteroatoms. The number of carbonyl (C=O) groups is 1. The number of aryl methyl sites for hydroxylation is 3. The molecule has 0 saturated heterocycles. The number of nitrogens with zero attached hydrogens (tertiary/aromatic N) is 3. The van der Waals surface area contributed by atoms with Crippen molar-refractivity contribution in [3.63, 3.8) is 0 Å². The van der Waals surface area contributed by atoms with Crippen molar-refractivity contribution in [2.45, 2.75) is 40.3 Å². The van der Waals surface area contributed by atoms with Crippen molar-refractivity contribution >= 4 is 5.91 Å². The van der Waals surface area contributed by atoms with Crippen LogP contribution in [0.2, 0.25) is 0 Å². The van der Waals surface area contributed by atoms with Gasteiger partial charge in [0.1, 0.15) is 0 Å². The van der Waals surface area contributed by atoms with Gasteiger partial charge in [-0.3, -0.25) is 14.2 Å². The smallest absolute Gasteiger partial charge is 0.344 e. The average molecular weight is 469 g/mol. The zero-order chi connectivity index (χ0) is 25.1.